The molecule has 0 saturated carbocycles. The number of ether oxygens (including phenoxy) is 1. The van der Waals surface area contributed by atoms with E-state index in [0.717, 1.165) is 23.7 Å². The van der Waals surface area contributed by atoms with E-state index in [1.54, 1.807) is 18.4 Å². The SMILES string of the molecule is COc1ccc(-c2nc3c(s2)NCCCCC3)cc1. The number of fused-ring (bicyclic) bond motifs is 1. The number of benzene rings is 1. The maximum absolute atomic E-state index is 5.19. The average Bonchev–Trinajstić information content (AvgIpc) is 2.81. The molecule has 3 rings (SSSR count). The maximum Gasteiger partial charge on any atom is 0.125 e. The highest BCUT2D eigenvalue weighted by Gasteiger charge is 2.13. The average molecular weight is 274 g/mol. The second-order valence-corrected chi connectivity index (χ2v) is 5.76. The third-order valence-electron chi connectivity index (χ3n) is 3.41. The summed E-state index contributed by atoms with van der Waals surface area (Å²) in [6.45, 7) is 1.07. The van der Waals surface area contributed by atoms with E-state index in [2.05, 4.69) is 17.4 Å². The summed E-state index contributed by atoms with van der Waals surface area (Å²) in [6, 6.07) is 8.12. The molecule has 1 aliphatic heterocycles. The van der Waals surface area contributed by atoms with Gasteiger partial charge in [0.15, 0.2) is 0 Å². The van der Waals surface area contributed by atoms with Gasteiger partial charge in [-0.15, -0.1) is 0 Å². The highest BCUT2D eigenvalue weighted by atomic mass is 32.1. The summed E-state index contributed by atoms with van der Waals surface area (Å²) in [5.41, 5.74) is 2.40. The lowest BCUT2D eigenvalue weighted by Gasteiger charge is -2.09. The Hall–Kier alpha value is -1.55. The van der Waals surface area contributed by atoms with Crippen molar-refractivity contribution in [3.05, 3.63) is 30.0 Å². The Labute approximate surface area is 117 Å². The molecule has 19 heavy (non-hydrogen) atoms. The molecular weight excluding hydrogens is 256 g/mol. The molecule has 0 amide bonds. The van der Waals surface area contributed by atoms with E-state index < -0.39 is 0 Å². The van der Waals surface area contributed by atoms with Crippen LogP contribution in [0.3, 0.4) is 0 Å². The molecule has 0 bridgehead atoms. The largest absolute Gasteiger partial charge is 0.497 e. The van der Waals surface area contributed by atoms with Crippen LogP contribution < -0.4 is 10.1 Å². The second kappa shape index (κ2) is 5.61. The lowest BCUT2D eigenvalue weighted by molar-refractivity contribution is 0.415. The molecule has 1 N–H and O–H groups in total. The van der Waals surface area contributed by atoms with Crippen molar-refractivity contribution < 1.29 is 4.74 Å². The van der Waals surface area contributed by atoms with E-state index in [-0.39, 0.29) is 0 Å². The molecule has 4 heteroatoms. The fourth-order valence-corrected chi connectivity index (χ4v) is 3.36. The molecule has 3 nitrogen and oxygen atoms in total. The Bertz CT molecular complexity index is 522. The number of nitrogens with one attached hydrogen (secondary N) is 1. The third kappa shape index (κ3) is 2.73. The predicted octanol–water partition coefficient (Wildman–Crippen LogP) is 3.96. The molecule has 1 aromatic heterocycles. The Morgan fingerprint density at radius 3 is 2.79 bits per heavy atom. The number of rotatable bonds is 2. The van der Waals surface area contributed by atoms with Gasteiger partial charge in [-0.05, 0) is 43.5 Å². The molecule has 0 aliphatic carbocycles. The minimum atomic E-state index is 0.886. The normalized spacial score (nSPS) is 15.0. The van der Waals surface area contributed by atoms with Crippen LogP contribution in [-0.4, -0.2) is 18.6 Å². The fraction of sp³-hybridized carbons (Fsp3) is 0.400. The van der Waals surface area contributed by atoms with Crippen LogP contribution in [0.2, 0.25) is 0 Å². The third-order valence-corrected chi connectivity index (χ3v) is 4.51. The fourth-order valence-electron chi connectivity index (χ4n) is 2.31. The van der Waals surface area contributed by atoms with Crippen molar-refractivity contribution in [3.8, 4) is 16.3 Å². The van der Waals surface area contributed by atoms with Crippen molar-refractivity contribution >= 4 is 16.3 Å². The smallest absolute Gasteiger partial charge is 0.125 e. The zero-order valence-electron chi connectivity index (χ0n) is 11.1. The Morgan fingerprint density at radius 1 is 1.16 bits per heavy atom. The summed E-state index contributed by atoms with van der Waals surface area (Å²) < 4.78 is 5.19. The number of thiazole rings is 1. The first-order chi connectivity index (χ1) is 9.36. The Balaban J connectivity index is 1.89. The topological polar surface area (TPSA) is 34.1 Å². The van der Waals surface area contributed by atoms with Gasteiger partial charge < -0.3 is 10.1 Å². The first kappa shape index (κ1) is 12.5. The molecule has 0 unspecified atom stereocenters. The van der Waals surface area contributed by atoms with Crippen LogP contribution in [0.1, 0.15) is 25.0 Å². The van der Waals surface area contributed by atoms with Gasteiger partial charge in [0, 0.05) is 12.1 Å². The molecule has 2 heterocycles. The van der Waals surface area contributed by atoms with Crippen molar-refractivity contribution in [1.82, 2.24) is 4.98 Å². The highest BCUT2D eigenvalue weighted by molar-refractivity contribution is 7.19. The van der Waals surface area contributed by atoms with Gasteiger partial charge in [0.2, 0.25) is 0 Å². The number of hydrogen-bond donors (Lipinski definition) is 1. The molecule has 0 saturated heterocycles. The number of anilines is 1. The molecule has 1 aliphatic rings. The molecular formula is C15H18N2OS. The van der Waals surface area contributed by atoms with Gasteiger partial charge in [-0.25, -0.2) is 4.98 Å². The maximum atomic E-state index is 5.19. The monoisotopic (exact) mass is 274 g/mol. The van der Waals surface area contributed by atoms with Crippen LogP contribution in [0, 0.1) is 0 Å². The van der Waals surface area contributed by atoms with E-state index in [0.29, 0.717) is 0 Å². The van der Waals surface area contributed by atoms with Crippen LogP contribution in [-0.2, 0) is 6.42 Å². The quantitative estimate of drug-likeness (QED) is 0.900. The van der Waals surface area contributed by atoms with E-state index in [9.17, 15) is 0 Å². The highest BCUT2D eigenvalue weighted by Crippen LogP contribution is 2.34. The number of nitrogens with zero attached hydrogens (tertiary/aromatic N) is 1. The number of aromatic nitrogens is 1. The van der Waals surface area contributed by atoms with Crippen LogP contribution >= 0.6 is 11.3 Å². The number of methoxy groups -OCH3 is 1. The molecule has 0 atom stereocenters. The molecule has 100 valence electrons. The van der Waals surface area contributed by atoms with Crippen molar-refractivity contribution in [2.24, 2.45) is 0 Å². The summed E-state index contributed by atoms with van der Waals surface area (Å²) in [4.78, 5) is 4.79. The van der Waals surface area contributed by atoms with Gasteiger partial charge in [-0.3, -0.25) is 0 Å². The molecule has 2 aromatic rings. The lowest BCUT2D eigenvalue weighted by atomic mass is 10.1. The molecule has 0 fully saturated rings. The van der Waals surface area contributed by atoms with E-state index >= 15 is 0 Å². The molecule has 0 radical (unpaired) electrons. The minimum Gasteiger partial charge on any atom is -0.497 e. The van der Waals surface area contributed by atoms with Gasteiger partial charge in [0.25, 0.3) is 0 Å². The van der Waals surface area contributed by atoms with Crippen molar-refractivity contribution in [1.29, 1.82) is 0 Å². The molecule has 1 aromatic carbocycles. The van der Waals surface area contributed by atoms with E-state index in [4.69, 9.17) is 9.72 Å². The van der Waals surface area contributed by atoms with Crippen LogP contribution in [0.25, 0.3) is 10.6 Å². The predicted molar refractivity (Wildman–Crippen MR) is 80.1 cm³/mol. The van der Waals surface area contributed by atoms with Crippen molar-refractivity contribution in [2.45, 2.75) is 25.7 Å². The Morgan fingerprint density at radius 2 is 2.00 bits per heavy atom. The van der Waals surface area contributed by atoms with Crippen molar-refractivity contribution in [2.75, 3.05) is 19.0 Å². The zero-order chi connectivity index (χ0) is 13.1. The standard InChI is InChI=1S/C15H18N2OS/c1-18-12-8-6-11(7-9-12)14-17-13-5-3-2-4-10-16-15(13)19-14/h6-9,16H,2-5,10H2,1H3. The van der Waals surface area contributed by atoms with Crippen LogP contribution in [0.4, 0.5) is 5.00 Å². The molecule has 0 spiro atoms. The summed E-state index contributed by atoms with van der Waals surface area (Å²) in [5, 5.41) is 5.86. The van der Waals surface area contributed by atoms with Gasteiger partial charge in [-0.2, -0.15) is 0 Å². The van der Waals surface area contributed by atoms with Crippen molar-refractivity contribution in [3.63, 3.8) is 0 Å². The number of aryl methyl sites for hydroxylation is 1. The first-order valence-electron chi connectivity index (χ1n) is 6.75. The van der Waals surface area contributed by atoms with Gasteiger partial charge in [-0.1, -0.05) is 17.8 Å². The van der Waals surface area contributed by atoms with Gasteiger partial charge in [0.05, 0.1) is 12.8 Å². The number of hydrogen-bond acceptors (Lipinski definition) is 4. The van der Waals surface area contributed by atoms with Crippen LogP contribution in [0.5, 0.6) is 5.75 Å². The van der Waals surface area contributed by atoms with Gasteiger partial charge in [0.1, 0.15) is 15.8 Å². The summed E-state index contributed by atoms with van der Waals surface area (Å²) in [7, 11) is 1.69. The summed E-state index contributed by atoms with van der Waals surface area (Å²) in [6.07, 6.45) is 4.90. The van der Waals surface area contributed by atoms with E-state index in [1.165, 1.54) is 35.5 Å². The van der Waals surface area contributed by atoms with E-state index in [1.807, 2.05) is 12.1 Å². The first-order valence-corrected chi connectivity index (χ1v) is 7.56. The second-order valence-electron chi connectivity index (χ2n) is 4.76. The minimum absolute atomic E-state index is 0.886. The van der Waals surface area contributed by atoms with Crippen LogP contribution in [0.15, 0.2) is 24.3 Å². The van der Waals surface area contributed by atoms with Gasteiger partial charge >= 0.3 is 0 Å². The summed E-state index contributed by atoms with van der Waals surface area (Å²) in [5.74, 6) is 0.886. The zero-order valence-corrected chi connectivity index (χ0v) is 11.9. The lowest BCUT2D eigenvalue weighted by Crippen LogP contribution is -2.05. The Kier molecular flexibility index (Phi) is 3.69. The summed E-state index contributed by atoms with van der Waals surface area (Å²) >= 11 is 1.76.